The van der Waals surface area contributed by atoms with Crippen molar-refractivity contribution < 1.29 is 9.59 Å². The number of Topliss-reactive ketones (excluding diaryl/α,β-unsaturated/α-hetero) is 1. The number of carbonyl (C=O) groups is 2. The molecule has 25 heavy (non-hydrogen) atoms. The van der Waals surface area contributed by atoms with Crippen molar-refractivity contribution in [3.63, 3.8) is 0 Å². The minimum atomic E-state index is 0.289. The highest BCUT2D eigenvalue weighted by Crippen LogP contribution is 2.23. The molecule has 1 fully saturated rings. The summed E-state index contributed by atoms with van der Waals surface area (Å²) in [6.07, 6.45) is 6.73. The summed E-state index contributed by atoms with van der Waals surface area (Å²) >= 11 is 0. The summed E-state index contributed by atoms with van der Waals surface area (Å²) in [6.45, 7) is 13.8. The average molecular weight is 350 g/mol. The molecule has 5 heteroatoms. The molecule has 0 aliphatic carbocycles. The van der Waals surface area contributed by atoms with Gasteiger partial charge in [0, 0.05) is 50.2 Å². The molecule has 1 saturated heterocycles. The van der Waals surface area contributed by atoms with Crippen LogP contribution in [0.2, 0.25) is 0 Å². The number of piperazine rings is 1. The molecule has 0 amide bonds. The molecule has 0 spiro atoms. The van der Waals surface area contributed by atoms with Crippen LogP contribution >= 0.6 is 0 Å². The fourth-order valence-electron chi connectivity index (χ4n) is 2.70. The van der Waals surface area contributed by atoms with E-state index < -0.39 is 0 Å². The van der Waals surface area contributed by atoms with Gasteiger partial charge in [0.2, 0.25) is 0 Å². The number of ketones is 1. The number of nitrogens with zero attached hydrogens (tertiary/aromatic N) is 2. The Morgan fingerprint density at radius 3 is 2.32 bits per heavy atom. The van der Waals surface area contributed by atoms with Crippen LogP contribution in [0, 0.1) is 6.92 Å². The molecule has 2 rings (SSSR count). The first-order valence-electron chi connectivity index (χ1n) is 9.31. The highest BCUT2D eigenvalue weighted by molar-refractivity contribution is 5.75. The number of carbonyl (C=O) groups excluding carboxylic acids is 2. The molecular weight excluding hydrogens is 314 g/mol. The summed E-state index contributed by atoms with van der Waals surface area (Å²) in [7, 11) is 0. The van der Waals surface area contributed by atoms with Gasteiger partial charge >= 0.3 is 0 Å². The lowest BCUT2D eigenvalue weighted by Gasteiger charge is -2.31. The molecule has 1 aromatic rings. The quantitative estimate of drug-likeness (QED) is 0.826. The second kappa shape index (κ2) is 14.6. The van der Waals surface area contributed by atoms with Crippen molar-refractivity contribution in [2.45, 2.75) is 60.3 Å². The SMILES string of the molecule is CC=O.CCCC(C)=O.CCCc1c(N2CCNCC2)ccnc1C. The molecule has 1 N–H and O–H groups in total. The maximum Gasteiger partial charge on any atom is 0.129 e. The van der Waals surface area contributed by atoms with Gasteiger partial charge in [-0.25, -0.2) is 0 Å². The molecule has 0 saturated carbocycles. The van der Waals surface area contributed by atoms with Crippen molar-refractivity contribution in [3.05, 3.63) is 23.5 Å². The summed E-state index contributed by atoms with van der Waals surface area (Å²) in [4.78, 5) is 25.7. The molecule has 0 bridgehead atoms. The Bertz CT molecular complexity index is 498. The summed E-state index contributed by atoms with van der Waals surface area (Å²) in [5.74, 6) is 0.289. The van der Waals surface area contributed by atoms with E-state index in [9.17, 15) is 4.79 Å². The van der Waals surface area contributed by atoms with Crippen molar-refractivity contribution in [3.8, 4) is 0 Å². The van der Waals surface area contributed by atoms with Gasteiger partial charge in [0.1, 0.15) is 12.1 Å². The average Bonchev–Trinajstić information content (AvgIpc) is 2.59. The smallest absolute Gasteiger partial charge is 0.129 e. The molecule has 0 aromatic carbocycles. The molecule has 142 valence electrons. The highest BCUT2D eigenvalue weighted by Gasteiger charge is 2.15. The van der Waals surface area contributed by atoms with E-state index in [2.05, 4.69) is 35.1 Å². The van der Waals surface area contributed by atoms with E-state index in [0.29, 0.717) is 0 Å². The van der Waals surface area contributed by atoms with E-state index in [1.165, 1.54) is 30.3 Å². The van der Waals surface area contributed by atoms with Gasteiger partial charge in [0.25, 0.3) is 0 Å². The van der Waals surface area contributed by atoms with Crippen LogP contribution in [-0.2, 0) is 16.0 Å². The van der Waals surface area contributed by atoms with Crippen molar-refractivity contribution in [2.75, 3.05) is 31.1 Å². The van der Waals surface area contributed by atoms with Gasteiger partial charge in [-0.05, 0) is 45.2 Å². The normalized spacial score (nSPS) is 13.1. The van der Waals surface area contributed by atoms with Gasteiger partial charge in [0.05, 0.1) is 0 Å². The van der Waals surface area contributed by atoms with E-state index in [4.69, 9.17) is 4.79 Å². The van der Waals surface area contributed by atoms with Gasteiger partial charge in [0.15, 0.2) is 0 Å². The molecule has 1 aliphatic rings. The maximum absolute atomic E-state index is 10.0. The standard InChI is InChI=1S/C13H21N3.C5H10O.C2H4O/c1-3-4-12-11(2)15-6-5-13(12)16-9-7-14-8-10-16;1-3-4-5(2)6;1-2-3/h5-6,14H,3-4,7-10H2,1-2H3;3-4H2,1-2H3;2H,1H3. The largest absolute Gasteiger partial charge is 0.369 e. The Morgan fingerprint density at radius 2 is 1.88 bits per heavy atom. The number of aldehydes is 1. The van der Waals surface area contributed by atoms with Crippen molar-refractivity contribution in [1.29, 1.82) is 0 Å². The van der Waals surface area contributed by atoms with E-state index in [0.717, 1.165) is 51.7 Å². The first kappa shape index (κ1) is 23.2. The monoisotopic (exact) mass is 349 g/mol. The molecule has 1 aromatic heterocycles. The van der Waals surface area contributed by atoms with Gasteiger partial charge in [-0.1, -0.05) is 20.3 Å². The van der Waals surface area contributed by atoms with Crippen LogP contribution in [0.25, 0.3) is 0 Å². The molecule has 1 aliphatic heterocycles. The van der Waals surface area contributed by atoms with Gasteiger partial charge < -0.3 is 19.8 Å². The van der Waals surface area contributed by atoms with Crippen LogP contribution in [0.4, 0.5) is 5.69 Å². The molecule has 0 atom stereocenters. The number of aromatic nitrogens is 1. The van der Waals surface area contributed by atoms with Gasteiger partial charge in [-0.3, -0.25) is 4.98 Å². The Kier molecular flexibility index (Phi) is 13.6. The van der Waals surface area contributed by atoms with Gasteiger partial charge in [-0.2, -0.15) is 0 Å². The predicted octanol–water partition coefficient (Wildman–Crippen LogP) is 3.33. The van der Waals surface area contributed by atoms with Crippen molar-refractivity contribution in [2.24, 2.45) is 0 Å². The Morgan fingerprint density at radius 1 is 1.28 bits per heavy atom. The second-order valence-electron chi connectivity index (χ2n) is 6.07. The van der Waals surface area contributed by atoms with E-state index >= 15 is 0 Å². The second-order valence-corrected chi connectivity index (χ2v) is 6.07. The summed E-state index contributed by atoms with van der Waals surface area (Å²) in [6, 6.07) is 2.17. The number of nitrogens with one attached hydrogen (secondary N) is 1. The van der Waals surface area contributed by atoms with Crippen LogP contribution < -0.4 is 10.2 Å². The Hall–Kier alpha value is -1.75. The highest BCUT2D eigenvalue weighted by atomic mass is 16.1. The minimum absolute atomic E-state index is 0.289. The number of anilines is 1. The lowest BCUT2D eigenvalue weighted by atomic mass is 10.1. The van der Waals surface area contributed by atoms with E-state index in [1.54, 1.807) is 6.92 Å². The zero-order valence-electron chi connectivity index (χ0n) is 16.6. The van der Waals surface area contributed by atoms with Crippen LogP contribution in [-0.4, -0.2) is 43.2 Å². The predicted molar refractivity (Wildman–Crippen MR) is 105 cm³/mol. The summed E-state index contributed by atoms with van der Waals surface area (Å²) in [5, 5.41) is 3.39. The number of hydrogen-bond donors (Lipinski definition) is 1. The third-order valence-electron chi connectivity index (χ3n) is 3.81. The fourth-order valence-corrected chi connectivity index (χ4v) is 2.70. The van der Waals surface area contributed by atoms with E-state index in [1.807, 2.05) is 13.1 Å². The third kappa shape index (κ3) is 9.97. The minimum Gasteiger partial charge on any atom is -0.369 e. The fraction of sp³-hybridized carbons (Fsp3) is 0.650. The molecule has 2 heterocycles. The van der Waals surface area contributed by atoms with Crippen LogP contribution in [0.5, 0.6) is 0 Å². The van der Waals surface area contributed by atoms with Crippen LogP contribution in [0.1, 0.15) is 58.2 Å². The lowest BCUT2D eigenvalue weighted by molar-refractivity contribution is -0.117. The first-order valence-corrected chi connectivity index (χ1v) is 9.31. The number of aryl methyl sites for hydroxylation is 1. The summed E-state index contributed by atoms with van der Waals surface area (Å²) in [5.41, 5.74) is 4.03. The van der Waals surface area contributed by atoms with E-state index in [-0.39, 0.29) is 5.78 Å². The maximum atomic E-state index is 10.0. The third-order valence-corrected chi connectivity index (χ3v) is 3.81. The first-order chi connectivity index (χ1) is 12.0. The lowest BCUT2D eigenvalue weighted by Crippen LogP contribution is -2.44. The number of pyridine rings is 1. The topological polar surface area (TPSA) is 62.3 Å². The van der Waals surface area contributed by atoms with Crippen LogP contribution in [0.15, 0.2) is 12.3 Å². The van der Waals surface area contributed by atoms with Crippen molar-refractivity contribution >= 4 is 17.8 Å². The zero-order chi connectivity index (χ0) is 19.1. The van der Waals surface area contributed by atoms with Crippen LogP contribution in [0.3, 0.4) is 0 Å². The molecule has 5 nitrogen and oxygen atoms in total. The van der Waals surface area contributed by atoms with Crippen molar-refractivity contribution in [1.82, 2.24) is 10.3 Å². The number of rotatable bonds is 5. The molecule has 0 unspecified atom stereocenters. The molecule has 0 radical (unpaired) electrons. The summed E-state index contributed by atoms with van der Waals surface area (Å²) < 4.78 is 0. The molecular formula is C20H35N3O2. The Balaban J connectivity index is 0.000000538. The zero-order valence-corrected chi connectivity index (χ0v) is 16.6. The number of hydrogen-bond acceptors (Lipinski definition) is 5. The van der Waals surface area contributed by atoms with Gasteiger partial charge in [-0.15, -0.1) is 0 Å². The Labute approximate surface area is 153 Å².